The molecular weight excluding hydrogens is 296 g/mol. The molecule has 0 aromatic carbocycles. The van der Waals surface area contributed by atoms with E-state index in [9.17, 15) is 0 Å². The molecule has 0 radical (unpaired) electrons. The SMILES string of the molecule is C[N+](C)(CCO)CCO.C[N+](C)(CCO)CCO.O=C([O-])[O-]. The Bertz CT molecular complexity index is 221. The maximum Gasteiger partial charge on any atom is 0.102 e. The molecule has 9 nitrogen and oxygen atoms in total. The van der Waals surface area contributed by atoms with E-state index in [1.807, 2.05) is 28.2 Å². The van der Waals surface area contributed by atoms with Crippen LogP contribution in [-0.4, -0.2) is 116 Å². The van der Waals surface area contributed by atoms with E-state index in [4.69, 9.17) is 35.4 Å². The predicted molar refractivity (Wildman–Crippen MR) is 77.4 cm³/mol. The molecule has 0 aromatic rings. The van der Waals surface area contributed by atoms with Crippen molar-refractivity contribution in [2.24, 2.45) is 0 Å². The fourth-order valence-corrected chi connectivity index (χ4v) is 1.31. The lowest BCUT2D eigenvalue weighted by molar-refractivity contribution is -0.890. The first-order valence-electron chi connectivity index (χ1n) is 6.93. The lowest BCUT2D eigenvalue weighted by atomic mass is 10.4. The van der Waals surface area contributed by atoms with Crippen LogP contribution in [0.2, 0.25) is 0 Å². The first kappa shape index (κ1) is 26.0. The molecule has 0 fully saturated rings. The van der Waals surface area contributed by atoms with Crippen LogP contribution in [0.5, 0.6) is 0 Å². The van der Waals surface area contributed by atoms with Gasteiger partial charge in [-0.2, -0.15) is 0 Å². The van der Waals surface area contributed by atoms with Crippen LogP contribution in [0.1, 0.15) is 0 Å². The summed E-state index contributed by atoms with van der Waals surface area (Å²) >= 11 is 0. The Labute approximate surface area is 132 Å². The van der Waals surface area contributed by atoms with Gasteiger partial charge in [-0.1, -0.05) is 0 Å². The summed E-state index contributed by atoms with van der Waals surface area (Å²) in [6.45, 7) is 3.59. The van der Waals surface area contributed by atoms with Crippen LogP contribution >= 0.6 is 0 Å². The lowest BCUT2D eigenvalue weighted by Crippen LogP contribution is -2.43. The Morgan fingerprint density at radius 2 is 0.818 bits per heavy atom. The molecular formula is C13H32N2O7. The lowest BCUT2D eigenvalue weighted by Gasteiger charge is -2.27. The largest absolute Gasteiger partial charge is 0.652 e. The van der Waals surface area contributed by atoms with Crippen molar-refractivity contribution in [1.29, 1.82) is 0 Å². The molecule has 136 valence electrons. The number of likely N-dealkylation sites (N-methyl/N-ethyl adjacent to an activating group) is 2. The van der Waals surface area contributed by atoms with E-state index >= 15 is 0 Å². The van der Waals surface area contributed by atoms with Crippen LogP contribution in [0.25, 0.3) is 0 Å². The van der Waals surface area contributed by atoms with Gasteiger partial charge >= 0.3 is 0 Å². The third kappa shape index (κ3) is 27.4. The number of rotatable bonds is 8. The summed E-state index contributed by atoms with van der Waals surface area (Å²) in [5.74, 6) is 0. The maximum absolute atomic E-state index is 8.53. The van der Waals surface area contributed by atoms with Crippen LogP contribution in [0, 0.1) is 0 Å². The van der Waals surface area contributed by atoms with Gasteiger partial charge in [0.25, 0.3) is 0 Å². The van der Waals surface area contributed by atoms with Gasteiger partial charge in [-0.05, 0) is 6.16 Å². The number of nitrogens with zero attached hydrogens (tertiary/aromatic N) is 2. The highest BCUT2D eigenvalue weighted by atomic mass is 16.6. The quantitative estimate of drug-likeness (QED) is 0.330. The minimum Gasteiger partial charge on any atom is -0.652 e. The zero-order chi connectivity index (χ0) is 18.2. The van der Waals surface area contributed by atoms with Crippen LogP contribution in [0.4, 0.5) is 4.79 Å². The molecule has 0 amide bonds. The molecule has 22 heavy (non-hydrogen) atoms. The van der Waals surface area contributed by atoms with Crippen molar-refractivity contribution >= 4 is 6.16 Å². The molecule has 0 rings (SSSR count). The van der Waals surface area contributed by atoms with Gasteiger partial charge in [0.15, 0.2) is 0 Å². The summed E-state index contributed by atoms with van der Waals surface area (Å²) in [5.41, 5.74) is 0. The van der Waals surface area contributed by atoms with Crippen molar-refractivity contribution < 1.29 is 44.4 Å². The number of hydrogen-bond donors (Lipinski definition) is 4. The summed E-state index contributed by atoms with van der Waals surface area (Å²) in [6.07, 6.45) is -2.33. The molecule has 0 saturated carbocycles. The fourth-order valence-electron chi connectivity index (χ4n) is 1.31. The Hall–Kier alpha value is -0.970. The van der Waals surface area contributed by atoms with Gasteiger partial charge in [0.1, 0.15) is 26.2 Å². The van der Waals surface area contributed by atoms with Crippen LogP contribution < -0.4 is 10.2 Å². The Morgan fingerprint density at radius 1 is 0.682 bits per heavy atom. The minimum absolute atomic E-state index is 0.188. The number of carboxylic acid groups (broad SMARTS) is 2. The van der Waals surface area contributed by atoms with Gasteiger partial charge in [-0.15, -0.1) is 0 Å². The van der Waals surface area contributed by atoms with Crippen molar-refractivity contribution in [2.75, 3.05) is 80.8 Å². The summed E-state index contributed by atoms with van der Waals surface area (Å²) < 4.78 is 1.38. The number of carbonyl (C=O) groups excluding carboxylic acids is 1. The highest BCUT2D eigenvalue weighted by Crippen LogP contribution is 1.93. The molecule has 0 heterocycles. The molecule has 0 bridgehead atoms. The molecule has 0 aromatic heterocycles. The summed E-state index contributed by atoms with van der Waals surface area (Å²) in [7, 11) is 7.91. The van der Waals surface area contributed by atoms with E-state index in [0.29, 0.717) is 35.1 Å². The van der Waals surface area contributed by atoms with Crippen molar-refractivity contribution in [3.63, 3.8) is 0 Å². The Balaban J connectivity index is -0.000000266. The predicted octanol–water partition coefficient (Wildman–Crippen LogP) is -4.35. The summed E-state index contributed by atoms with van der Waals surface area (Å²) in [5, 5.41) is 50.8. The average Bonchev–Trinajstić information content (AvgIpc) is 2.28. The number of aliphatic hydroxyl groups excluding tert-OH is 4. The second-order valence-electron chi connectivity index (χ2n) is 5.91. The van der Waals surface area contributed by atoms with Gasteiger partial charge in [0.05, 0.1) is 54.6 Å². The second-order valence-corrected chi connectivity index (χ2v) is 5.91. The van der Waals surface area contributed by atoms with Gasteiger partial charge in [0, 0.05) is 0 Å². The van der Waals surface area contributed by atoms with Crippen molar-refractivity contribution in [2.45, 2.75) is 0 Å². The van der Waals surface area contributed by atoms with E-state index < -0.39 is 6.16 Å². The number of carbonyl (C=O) groups is 1. The molecule has 0 saturated heterocycles. The topological polar surface area (TPSA) is 144 Å². The highest BCUT2D eigenvalue weighted by Gasteiger charge is 2.12. The number of hydrogen-bond acceptors (Lipinski definition) is 7. The second kappa shape index (κ2) is 14.9. The van der Waals surface area contributed by atoms with E-state index in [0.717, 1.165) is 0 Å². The van der Waals surface area contributed by atoms with E-state index in [-0.39, 0.29) is 26.4 Å². The Morgan fingerprint density at radius 3 is 0.909 bits per heavy atom. The fraction of sp³-hybridized carbons (Fsp3) is 0.923. The highest BCUT2D eigenvalue weighted by molar-refractivity contribution is 5.47. The van der Waals surface area contributed by atoms with Crippen molar-refractivity contribution in [3.05, 3.63) is 0 Å². The molecule has 0 unspecified atom stereocenters. The molecule has 0 aliphatic heterocycles. The van der Waals surface area contributed by atoms with Crippen molar-refractivity contribution in [1.82, 2.24) is 0 Å². The van der Waals surface area contributed by atoms with E-state index in [1.54, 1.807) is 0 Å². The third-order valence-corrected chi connectivity index (χ3v) is 2.82. The Kier molecular flexibility index (Phi) is 17.6. The van der Waals surface area contributed by atoms with Gasteiger partial charge in [-0.3, -0.25) is 0 Å². The average molecular weight is 328 g/mol. The van der Waals surface area contributed by atoms with Crippen LogP contribution in [0.15, 0.2) is 0 Å². The third-order valence-electron chi connectivity index (χ3n) is 2.82. The zero-order valence-corrected chi connectivity index (χ0v) is 14.1. The maximum atomic E-state index is 8.53. The summed E-state index contributed by atoms with van der Waals surface area (Å²) in [6, 6.07) is 0. The first-order valence-corrected chi connectivity index (χ1v) is 6.93. The molecule has 0 atom stereocenters. The normalized spacial score (nSPS) is 10.9. The molecule has 0 aliphatic carbocycles. The van der Waals surface area contributed by atoms with Gasteiger partial charge in [-0.25, -0.2) is 0 Å². The number of aliphatic hydroxyl groups is 4. The summed E-state index contributed by atoms with van der Waals surface area (Å²) in [4.78, 5) is 8.33. The van der Waals surface area contributed by atoms with Gasteiger partial charge in [0.2, 0.25) is 0 Å². The number of quaternary nitrogens is 2. The van der Waals surface area contributed by atoms with Crippen molar-refractivity contribution in [3.8, 4) is 0 Å². The standard InChI is InChI=1S/2C6H16NO2.CH2O3/c2*1-7(2,3-5-8)4-6-9;2-1(3)4/h2*8-9H,3-6H2,1-2H3;(H2,2,3,4)/q2*+1;/p-2. The van der Waals surface area contributed by atoms with Gasteiger partial charge < -0.3 is 44.4 Å². The first-order chi connectivity index (χ1) is 9.97. The minimum atomic E-state index is -2.33. The van der Waals surface area contributed by atoms with E-state index in [2.05, 4.69) is 0 Å². The van der Waals surface area contributed by atoms with Crippen LogP contribution in [0.3, 0.4) is 0 Å². The monoisotopic (exact) mass is 328 g/mol. The molecule has 0 aliphatic rings. The molecule has 9 heteroatoms. The molecule has 4 N–H and O–H groups in total. The zero-order valence-electron chi connectivity index (χ0n) is 14.1. The van der Waals surface area contributed by atoms with Crippen LogP contribution in [-0.2, 0) is 0 Å². The van der Waals surface area contributed by atoms with E-state index in [1.165, 1.54) is 0 Å². The molecule has 0 spiro atoms. The smallest absolute Gasteiger partial charge is 0.102 e.